The molecular formula is C14H23NO. The molecule has 0 saturated carbocycles. The van der Waals surface area contributed by atoms with Crippen molar-refractivity contribution in [3.8, 4) is 5.75 Å². The Morgan fingerprint density at radius 1 is 1.25 bits per heavy atom. The average molecular weight is 221 g/mol. The summed E-state index contributed by atoms with van der Waals surface area (Å²) in [6, 6.07) is 8.20. The third-order valence-corrected chi connectivity index (χ3v) is 2.62. The molecule has 1 atom stereocenters. The van der Waals surface area contributed by atoms with Gasteiger partial charge in [-0.05, 0) is 31.5 Å². The van der Waals surface area contributed by atoms with Gasteiger partial charge in [-0.1, -0.05) is 38.5 Å². The van der Waals surface area contributed by atoms with Crippen LogP contribution in [-0.2, 0) is 0 Å². The van der Waals surface area contributed by atoms with Gasteiger partial charge in [0, 0.05) is 6.54 Å². The zero-order valence-corrected chi connectivity index (χ0v) is 10.6. The molecule has 2 nitrogen and oxygen atoms in total. The Kier molecular flexibility index (Phi) is 5.94. The van der Waals surface area contributed by atoms with E-state index in [2.05, 4.69) is 32.2 Å². The maximum atomic E-state index is 6.03. The first-order valence-electron chi connectivity index (χ1n) is 6.20. The van der Waals surface area contributed by atoms with Crippen LogP contribution in [0.3, 0.4) is 0 Å². The first-order chi connectivity index (χ1) is 7.77. The lowest BCUT2D eigenvalue weighted by molar-refractivity contribution is 0.186. The third kappa shape index (κ3) is 4.23. The highest BCUT2D eigenvalue weighted by Gasteiger charge is 2.09. The molecule has 0 aliphatic rings. The zero-order valence-electron chi connectivity index (χ0n) is 10.6. The minimum Gasteiger partial charge on any atom is -0.489 e. The Morgan fingerprint density at radius 3 is 2.62 bits per heavy atom. The highest BCUT2D eigenvalue weighted by molar-refractivity contribution is 5.31. The molecule has 0 aromatic heterocycles. The van der Waals surface area contributed by atoms with Crippen LogP contribution in [0.15, 0.2) is 24.3 Å². The minimum absolute atomic E-state index is 0.283. The first-order valence-corrected chi connectivity index (χ1v) is 6.20. The molecule has 2 heteroatoms. The molecule has 1 aromatic rings. The summed E-state index contributed by atoms with van der Waals surface area (Å²) < 4.78 is 6.03. The molecule has 0 fully saturated rings. The highest BCUT2D eigenvalue weighted by atomic mass is 16.5. The molecule has 16 heavy (non-hydrogen) atoms. The molecule has 1 rings (SSSR count). The number of likely N-dealkylation sites (N-methyl/N-ethyl adjacent to an activating group) is 1. The van der Waals surface area contributed by atoms with E-state index in [0.29, 0.717) is 0 Å². The quantitative estimate of drug-likeness (QED) is 0.763. The van der Waals surface area contributed by atoms with Gasteiger partial charge in [-0.15, -0.1) is 0 Å². The number of aryl methyl sites for hydroxylation is 1. The van der Waals surface area contributed by atoms with Crippen LogP contribution in [0.2, 0.25) is 0 Å². The number of hydrogen-bond acceptors (Lipinski definition) is 2. The van der Waals surface area contributed by atoms with Gasteiger partial charge in [0.25, 0.3) is 0 Å². The van der Waals surface area contributed by atoms with Crippen molar-refractivity contribution in [3.63, 3.8) is 0 Å². The van der Waals surface area contributed by atoms with Crippen molar-refractivity contribution in [2.45, 2.75) is 39.7 Å². The summed E-state index contributed by atoms with van der Waals surface area (Å²) in [6.07, 6.45) is 2.54. The Morgan fingerprint density at radius 2 is 2.00 bits per heavy atom. The molecule has 0 radical (unpaired) electrons. The molecule has 90 valence electrons. The maximum Gasteiger partial charge on any atom is 0.122 e. The fourth-order valence-electron chi connectivity index (χ4n) is 1.70. The van der Waals surface area contributed by atoms with E-state index in [4.69, 9.17) is 4.74 Å². The molecule has 0 spiro atoms. The second-order valence-corrected chi connectivity index (χ2v) is 4.10. The molecule has 1 aromatic carbocycles. The summed E-state index contributed by atoms with van der Waals surface area (Å²) in [5, 5.41) is 3.35. The predicted octanol–water partition coefficient (Wildman–Crippen LogP) is 3.15. The Labute approximate surface area is 99.0 Å². The van der Waals surface area contributed by atoms with Gasteiger partial charge in [0.1, 0.15) is 11.9 Å². The molecule has 0 bridgehead atoms. The van der Waals surface area contributed by atoms with Crippen molar-refractivity contribution >= 4 is 0 Å². The van der Waals surface area contributed by atoms with Crippen LogP contribution >= 0.6 is 0 Å². The molecular weight excluding hydrogens is 198 g/mol. The lowest BCUT2D eigenvalue weighted by atomic mass is 10.2. The molecule has 1 unspecified atom stereocenters. The SMILES string of the molecule is CCCC(CNCC)Oc1ccccc1C. The molecule has 0 aliphatic heterocycles. The van der Waals surface area contributed by atoms with E-state index >= 15 is 0 Å². The second kappa shape index (κ2) is 7.29. The first kappa shape index (κ1) is 13.0. The maximum absolute atomic E-state index is 6.03. The van der Waals surface area contributed by atoms with Crippen LogP contribution in [0.4, 0.5) is 0 Å². The van der Waals surface area contributed by atoms with Crippen molar-refractivity contribution in [1.82, 2.24) is 5.32 Å². The lowest BCUT2D eigenvalue weighted by Gasteiger charge is -2.20. The molecule has 0 amide bonds. The van der Waals surface area contributed by atoms with Crippen molar-refractivity contribution in [2.75, 3.05) is 13.1 Å². The summed E-state index contributed by atoms with van der Waals surface area (Å²) in [5.41, 5.74) is 1.21. The number of rotatable bonds is 7. The van der Waals surface area contributed by atoms with E-state index in [-0.39, 0.29) is 6.10 Å². The number of ether oxygens (including phenoxy) is 1. The van der Waals surface area contributed by atoms with Gasteiger partial charge < -0.3 is 10.1 Å². The fourth-order valence-corrected chi connectivity index (χ4v) is 1.70. The average Bonchev–Trinajstić information content (AvgIpc) is 2.29. The van der Waals surface area contributed by atoms with E-state index in [1.165, 1.54) is 5.56 Å². The Hall–Kier alpha value is -1.02. The molecule has 0 heterocycles. The van der Waals surface area contributed by atoms with Crippen molar-refractivity contribution < 1.29 is 4.74 Å². The number of hydrogen-bond donors (Lipinski definition) is 1. The number of benzene rings is 1. The topological polar surface area (TPSA) is 21.3 Å². The zero-order chi connectivity index (χ0) is 11.8. The number of nitrogens with one attached hydrogen (secondary N) is 1. The van der Waals surface area contributed by atoms with Gasteiger partial charge in [0.05, 0.1) is 0 Å². The lowest BCUT2D eigenvalue weighted by Crippen LogP contribution is -2.31. The van der Waals surface area contributed by atoms with Crippen molar-refractivity contribution in [3.05, 3.63) is 29.8 Å². The summed E-state index contributed by atoms with van der Waals surface area (Å²) in [7, 11) is 0. The van der Waals surface area contributed by atoms with E-state index in [1.54, 1.807) is 0 Å². The van der Waals surface area contributed by atoms with Crippen LogP contribution in [-0.4, -0.2) is 19.2 Å². The summed E-state index contributed by atoms with van der Waals surface area (Å²) in [4.78, 5) is 0. The minimum atomic E-state index is 0.283. The van der Waals surface area contributed by atoms with Crippen LogP contribution in [0.25, 0.3) is 0 Å². The van der Waals surface area contributed by atoms with Crippen LogP contribution < -0.4 is 10.1 Å². The van der Waals surface area contributed by atoms with E-state index < -0.39 is 0 Å². The van der Waals surface area contributed by atoms with Crippen LogP contribution in [0, 0.1) is 6.92 Å². The van der Waals surface area contributed by atoms with Gasteiger partial charge in [-0.2, -0.15) is 0 Å². The normalized spacial score (nSPS) is 12.4. The van der Waals surface area contributed by atoms with Gasteiger partial charge in [-0.3, -0.25) is 0 Å². The third-order valence-electron chi connectivity index (χ3n) is 2.62. The van der Waals surface area contributed by atoms with Crippen LogP contribution in [0.5, 0.6) is 5.75 Å². The smallest absolute Gasteiger partial charge is 0.122 e. The van der Waals surface area contributed by atoms with Crippen molar-refractivity contribution in [1.29, 1.82) is 0 Å². The standard InChI is InChI=1S/C14H23NO/c1-4-8-13(11-15-5-2)16-14-10-7-6-9-12(14)3/h6-7,9-10,13,15H,4-5,8,11H2,1-3H3. The second-order valence-electron chi connectivity index (χ2n) is 4.10. The van der Waals surface area contributed by atoms with Gasteiger partial charge >= 0.3 is 0 Å². The summed E-state index contributed by atoms with van der Waals surface area (Å²) >= 11 is 0. The summed E-state index contributed by atoms with van der Waals surface area (Å²) in [5.74, 6) is 1.01. The highest BCUT2D eigenvalue weighted by Crippen LogP contribution is 2.18. The predicted molar refractivity (Wildman–Crippen MR) is 69.0 cm³/mol. The van der Waals surface area contributed by atoms with Gasteiger partial charge in [-0.25, -0.2) is 0 Å². The molecule has 0 aliphatic carbocycles. The molecule has 0 saturated heterocycles. The van der Waals surface area contributed by atoms with Crippen LogP contribution in [0.1, 0.15) is 32.3 Å². The number of para-hydroxylation sites is 1. The Bertz CT molecular complexity index is 299. The van der Waals surface area contributed by atoms with Gasteiger partial charge in [0.2, 0.25) is 0 Å². The Balaban J connectivity index is 2.56. The van der Waals surface area contributed by atoms with Crippen molar-refractivity contribution in [2.24, 2.45) is 0 Å². The largest absolute Gasteiger partial charge is 0.489 e. The fraction of sp³-hybridized carbons (Fsp3) is 0.571. The molecule has 1 N–H and O–H groups in total. The van der Waals surface area contributed by atoms with Gasteiger partial charge in [0.15, 0.2) is 0 Å². The van der Waals surface area contributed by atoms with E-state index in [1.807, 2.05) is 18.2 Å². The van der Waals surface area contributed by atoms with E-state index in [9.17, 15) is 0 Å². The summed E-state index contributed by atoms with van der Waals surface area (Å²) in [6.45, 7) is 8.33. The monoisotopic (exact) mass is 221 g/mol. The van der Waals surface area contributed by atoms with E-state index in [0.717, 1.165) is 31.7 Å².